The zero-order valence-corrected chi connectivity index (χ0v) is 13.8. The van der Waals surface area contributed by atoms with Gasteiger partial charge >= 0.3 is 0 Å². The third-order valence-electron chi connectivity index (χ3n) is 3.82. The molecule has 0 atom stereocenters. The molecule has 2 N–H and O–H groups in total. The van der Waals surface area contributed by atoms with Gasteiger partial charge in [-0.25, -0.2) is 4.98 Å². The molecule has 0 aliphatic carbocycles. The normalized spacial score (nSPS) is 10.6. The maximum Gasteiger partial charge on any atom is 0.255 e. The maximum absolute atomic E-state index is 12.4. The predicted octanol–water partition coefficient (Wildman–Crippen LogP) is 3.16. The molecule has 0 saturated carbocycles. The van der Waals surface area contributed by atoms with Crippen LogP contribution in [0.25, 0.3) is 5.65 Å². The Morgan fingerprint density at radius 2 is 1.62 bits per heavy atom. The number of benzene rings is 1. The van der Waals surface area contributed by atoms with E-state index < -0.39 is 0 Å². The molecule has 6 heteroatoms. The smallest absolute Gasteiger partial charge is 0.255 e. The maximum atomic E-state index is 12.4. The van der Waals surface area contributed by atoms with Crippen molar-refractivity contribution in [3.05, 3.63) is 59.5 Å². The van der Waals surface area contributed by atoms with E-state index in [0.717, 1.165) is 17.0 Å². The number of carbonyl (C=O) groups is 2. The lowest BCUT2D eigenvalue weighted by Crippen LogP contribution is -2.12. The largest absolute Gasteiger partial charge is 0.326 e. The van der Waals surface area contributed by atoms with Gasteiger partial charge in [0.2, 0.25) is 5.91 Å². The number of hydrogen-bond acceptors (Lipinski definition) is 3. The summed E-state index contributed by atoms with van der Waals surface area (Å²) in [5, 5.41) is 5.54. The number of amides is 2. The second-order valence-corrected chi connectivity index (χ2v) is 5.64. The molecule has 0 saturated heterocycles. The molecule has 6 nitrogen and oxygen atoms in total. The summed E-state index contributed by atoms with van der Waals surface area (Å²) < 4.78 is 1.95. The number of nitrogens with one attached hydrogen (secondary N) is 2. The Bertz CT molecular complexity index is 926. The van der Waals surface area contributed by atoms with Gasteiger partial charge in [0, 0.05) is 30.1 Å². The van der Waals surface area contributed by atoms with Crippen LogP contribution in [0.3, 0.4) is 0 Å². The monoisotopic (exact) mass is 322 g/mol. The molecule has 2 amide bonds. The number of rotatable bonds is 3. The fraction of sp³-hybridized carbons (Fsp3) is 0.167. The van der Waals surface area contributed by atoms with Gasteiger partial charge in [0.25, 0.3) is 5.91 Å². The minimum Gasteiger partial charge on any atom is -0.326 e. The van der Waals surface area contributed by atoms with E-state index in [2.05, 4.69) is 15.6 Å². The number of nitrogens with zero attached hydrogens (tertiary/aromatic N) is 2. The number of fused-ring (bicyclic) bond motifs is 1. The lowest BCUT2D eigenvalue weighted by molar-refractivity contribution is -0.114. The van der Waals surface area contributed by atoms with Crippen LogP contribution in [0, 0.1) is 13.8 Å². The molecule has 0 aliphatic heterocycles. The van der Waals surface area contributed by atoms with E-state index in [9.17, 15) is 9.59 Å². The molecule has 3 aromatic rings. The molecule has 2 heterocycles. The van der Waals surface area contributed by atoms with E-state index in [-0.39, 0.29) is 11.8 Å². The molecule has 2 aromatic heterocycles. The Hall–Kier alpha value is -3.15. The van der Waals surface area contributed by atoms with Gasteiger partial charge in [-0.3, -0.25) is 9.59 Å². The summed E-state index contributed by atoms with van der Waals surface area (Å²) in [5.41, 5.74) is 4.72. The first-order valence-electron chi connectivity index (χ1n) is 7.58. The first kappa shape index (κ1) is 15.7. The zero-order valence-electron chi connectivity index (χ0n) is 13.8. The number of imidazole rings is 1. The van der Waals surface area contributed by atoms with Crippen molar-refractivity contribution in [1.82, 2.24) is 9.38 Å². The van der Waals surface area contributed by atoms with E-state index in [0.29, 0.717) is 16.9 Å². The van der Waals surface area contributed by atoms with Crippen LogP contribution >= 0.6 is 0 Å². The Morgan fingerprint density at radius 3 is 2.29 bits per heavy atom. The highest BCUT2D eigenvalue weighted by Gasteiger charge is 2.09. The highest BCUT2D eigenvalue weighted by Crippen LogP contribution is 2.17. The lowest BCUT2D eigenvalue weighted by Gasteiger charge is -2.08. The number of aryl methyl sites for hydroxylation is 2. The Balaban J connectivity index is 1.79. The van der Waals surface area contributed by atoms with Gasteiger partial charge in [0.05, 0.1) is 11.4 Å². The van der Waals surface area contributed by atoms with Crippen molar-refractivity contribution >= 4 is 28.8 Å². The first-order valence-corrected chi connectivity index (χ1v) is 7.58. The third kappa shape index (κ3) is 3.12. The molecule has 0 spiro atoms. The van der Waals surface area contributed by atoms with Crippen LogP contribution in [0.1, 0.15) is 28.7 Å². The SMILES string of the molecule is CC(=O)Nc1ccc(C(=O)Nc2ccc3nc(C)c(C)n3c2)cc1. The summed E-state index contributed by atoms with van der Waals surface area (Å²) in [6.07, 6.45) is 1.86. The van der Waals surface area contributed by atoms with Crippen molar-refractivity contribution in [3.8, 4) is 0 Å². The van der Waals surface area contributed by atoms with Crippen molar-refractivity contribution in [2.45, 2.75) is 20.8 Å². The standard InChI is InChI=1S/C18H18N4O2/c1-11-12(2)22-10-16(8-9-17(22)19-11)21-18(24)14-4-6-15(7-5-14)20-13(3)23/h4-10H,1-3H3,(H,20,23)(H,21,24). The minimum absolute atomic E-state index is 0.147. The van der Waals surface area contributed by atoms with Gasteiger partial charge in [-0.1, -0.05) is 0 Å². The van der Waals surface area contributed by atoms with E-state index in [1.54, 1.807) is 24.3 Å². The molecule has 122 valence electrons. The number of pyridine rings is 1. The minimum atomic E-state index is -0.210. The molecule has 0 aliphatic rings. The summed E-state index contributed by atoms with van der Waals surface area (Å²) in [5.74, 6) is -0.357. The Kier molecular flexibility index (Phi) is 4.04. The summed E-state index contributed by atoms with van der Waals surface area (Å²) in [6, 6.07) is 10.4. The second-order valence-electron chi connectivity index (χ2n) is 5.64. The molecule has 1 aromatic carbocycles. The molecule has 0 radical (unpaired) electrons. The van der Waals surface area contributed by atoms with Crippen molar-refractivity contribution in [2.75, 3.05) is 10.6 Å². The lowest BCUT2D eigenvalue weighted by atomic mass is 10.2. The van der Waals surface area contributed by atoms with Gasteiger partial charge in [-0.15, -0.1) is 0 Å². The topological polar surface area (TPSA) is 75.5 Å². The zero-order chi connectivity index (χ0) is 17.3. The van der Waals surface area contributed by atoms with E-state index in [4.69, 9.17) is 0 Å². The Labute approximate surface area is 139 Å². The number of carbonyl (C=O) groups excluding carboxylic acids is 2. The van der Waals surface area contributed by atoms with Crippen LogP contribution in [0.2, 0.25) is 0 Å². The third-order valence-corrected chi connectivity index (χ3v) is 3.82. The van der Waals surface area contributed by atoms with Gasteiger partial charge in [0.15, 0.2) is 0 Å². The van der Waals surface area contributed by atoms with Crippen LogP contribution in [-0.2, 0) is 4.79 Å². The van der Waals surface area contributed by atoms with Crippen LogP contribution in [-0.4, -0.2) is 21.2 Å². The summed E-state index contributed by atoms with van der Waals surface area (Å²) >= 11 is 0. The van der Waals surface area contributed by atoms with Crippen molar-refractivity contribution in [2.24, 2.45) is 0 Å². The van der Waals surface area contributed by atoms with Gasteiger partial charge in [-0.05, 0) is 50.2 Å². The number of anilines is 2. The fourth-order valence-corrected chi connectivity index (χ4v) is 2.47. The van der Waals surface area contributed by atoms with Gasteiger partial charge in [-0.2, -0.15) is 0 Å². The predicted molar refractivity (Wildman–Crippen MR) is 93.4 cm³/mol. The number of aromatic nitrogens is 2. The fourth-order valence-electron chi connectivity index (χ4n) is 2.47. The summed E-state index contributed by atoms with van der Waals surface area (Å²) in [7, 11) is 0. The summed E-state index contributed by atoms with van der Waals surface area (Å²) in [6.45, 7) is 5.38. The van der Waals surface area contributed by atoms with Crippen LogP contribution in [0.5, 0.6) is 0 Å². The van der Waals surface area contributed by atoms with Crippen LogP contribution in [0.4, 0.5) is 11.4 Å². The molecule has 0 fully saturated rings. The second kappa shape index (κ2) is 6.16. The van der Waals surface area contributed by atoms with Gasteiger partial charge in [0.1, 0.15) is 5.65 Å². The van der Waals surface area contributed by atoms with Crippen LogP contribution in [0.15, 0.2) is 42.6 Å². The molecule has 3 rings (SSSR count). The Morgan fingerprint density at radius 1 is 0.958 bits per heavy atom. The molecule has 24 heavy (non-hydrogen) atoms. The van der Waals surface area contributed by atoms with Crippen LogP contribution < -0.4 is 10.6 Å². The summed E-state index contributed by atoms with van der Waals surface area (Å²) in [4.78, 5) is 27.8. The molecule has 0 bridgehead atoms. The highest BCUT2D eigenvalue weighted by atomic mass is 16.2. The van der Waals surface area contributed by atoms with E-state index in [1.807, 2.05) is 36.6 Å². The van der Waals surface area contributed by atoms with Crippen molar-refractivity contribution in [3.63, 3.8) is 0 Å². The quantitative estimate of drug-likeness (QED) is 0.778. The van der Waals surface area contributed by atoms with E-state index in [1.165, 1.54) is 6.92 Å². The average Bonchev–Trinajstić information content (AvgIpc) is 2.82. The molecular formula is C18H18N4O2. The van der Waals surface area contributed by atoms with Crippen molar-refractivity contribution < 1.29 is 9.59 Å². The molecule has 0 unspecified atom stereocenters. The van der Waals surface area contributed by atoms with Gasteiger partial charge < -0.3 is 15.0 Å². The highest BCUT2D eigenvalue weighted by molar-refractivity contribution is 6.04. The number of hydrogen-bond donors (Lipinski definition) is 2. The average molecular weight is 322 g/mol. The molecular weight excluding hydrogens is 304 g/mol. The first-order chi connectivity index (χ1) is 11.4. The van der Waals surface area contributed by atoms with E-state index >= 15 is 0 Å². The van der Waals surface area contributed by atoms with Crippen molar-refractivity contribution in [1.29, 1.82) is 0 Å².